The number of sulfonamides is 1. The van der Waals surface area contributed by atoms with Crippen molar-refractivity contribution in [1.29, 1.82) is 0 Å². The third-order valence-corrected chi connectivity index (χ3v) is 6.92. The molecule has 6 heteroatoms. The van der Waals surface area contributed by atoms with Gasteiger partial charge in [-0.3, -0.25) is 4.31 Å². The molecule has 3 rings (SSSR count). The van der Waals surface area contributed by atoms with E-state index in [1.165, 1.54) is 4.31 Å². The predicted molar refractivity (Wildman–Crippen MR) is 83.4 cm³/mol. The van der Waals surface area contributed by atoms with Crippen LogP contribution in [0.15, 0.2) is 34.5 Å². The van der Waals surface area contributed by atoms with Gasteiger partial charge >= 0.3 is 0 Å². The molecule has 1 aromatic carbocycles. The monoisotopic (exact) mass is 327 g/mol. The van der Waals surface area contributed by atoms with Crippen molar-refractivity contribution in [2.75, 3.05) is 10.8 Å². The van der Waals surface area contributed by atoms with Gasteiger partial charge in [0.15, 0.2) is 0 Å². The van der Waals surface area contributed by atoms with Crippen molar-refractivity contribution in [3.05, 3.63) is 45.8 Å². The normalized spacial score (nSPS) is 15.2. The minimum absolute atomic E-state index is 0.303. The zero-order chi connectivity index (χ0) is 14.3. The smallest absolute Gasteiger partial charge is 0.265 e. The maximum atomic E-state index is 12.8. The Morgan fingerprint density at radius 1 is 1.25 bits per heavy atom. The number of nitrogens with zero attached hydrogens (tertiary/aromatic N) is 1. The van der Waals surface area contributed by atoms with Crippen molar-refractivity contribution in [3.8, 4) is 0 Å². The Balaban J connectivity index is 2.10. The van der Waals surface area contributed by atoms with Gasteiger partial charge in [0.25, 0.3) is 10.0 Å². The molecule has 3 nitrogen and oxygen atoms in total. The van der Waals surface area contributed by atoms with Crippen molar-refractivity contribution in [2.45, 2.75) is 24.0 Å². The van der Waals surface area contributed by atoms with Gasteiger partial charge in [-0.2, -0.15) is 0 Å². The number of halogens is 1. The molecule has 1 aliphatic rings. The summed E-state index contributed by atoms with van der Waals surface area (Å²) in [6.45, 7) is 2.50. The molecule has 2 heterocycles. The lowest BCUT2D eigenvalue weighted by molar-refractivity contribution is 0.588. The minimum Gasteiger partial charge on any atom is -0.265 e. The maximum Gasteiger partial charge on any atom is 0.273 e. The summed E-state index contributed by atoms with van der Waals surface area (Å²) >= 11 is 6.97. The van der Waals surface area contributed by atoms with Gasteiger partial charge in [-0.05, 0) is 49.1 Å². The molecule has 1 aromatic heterocycles. The first-order valence-electron chi connectivity index (χ1n) is 6.36. The summed E-state index contributed by atoms with van der Waals surface area (Å²) in [4.78, 5) is 0. The van der Waals surface area contributed by atoms with Crippen LogP contribution in [0.5, 0.6) is 0 Å². The molecule has 2 aromatic rings. The number of anilines is 1. The van der Waals surface area contributed by atoms with Gasteiger partial charge in [-0.15, -0.1) is 11.3 Å². The van der Waals surface area contributed by atoms with Crippen LogP contribution in [0.1, 0.15) is 17.5 Å². The van der Waals surface area contributed by atoms with E-state index in [1.807, 2.05) is 25.1 Å². The highest BCUT2D eigenvalue weighted by molar-refractivity contribution is 7.94. The molecule has 0 amide bonds. The Bertz CT molecular complexity index is 752. The largest absolute Gasteiger partial charge is 0.273 e. The highest BCUT2D eigenvalue weighted by atomic mass is 35.5. The van der Waals surface area contributed by atoms with Crippen molar-refractivity contribution < 1.29 is 8.42 Å². The third-order valence-electron chi connectivity index (χ3n) is 3.41. The summed E-state index contributed by atoms with van der Waals surface area (Å²) in [6, 6.07) is 9.19. The average Bonchev–Trinajstić information content (AvgIpc) is 2.85. The van der Waals surface area contributed by atoms with Crippen LogP contribution in [0.3, 0.4) is 0 Å². The number of rotatable bonds is 2. The molecule has 0 radical (unpaired) electrons. The van der Waals surface area contributed by atoms with Crippen LogP contribution in [0.25, 0.3) is 0 Å². The maximum absolute atomic E-state index is 12.8. The zero-order valence-electron chi connectivity index (χ0n) is 11.0. The third kappa shape index (κ3) is 2.34. The van der Waals surface area contributed by atoms with Crippen molar-refractivity contribution >= 4 is 38.6 Å². The number of thiophene rings is 1. The minimum atomic E-state index is -3.50. The topological polar surface area (TPSA) is 37.4 Å². The fourth-order valence-corrected chi connectivity index (χ4v) is 5.58. The summed E-state index contributed by atoms with van der Waals surface area (Å²) in [5, 5.41) is 0. The molecular formula is C14H14ClNO2S2. The van der Waals surface area contributed by atoms with Crippen LogP contribution in [0.4, 0.5) is 5.69 Å². The second kappa shape index (κ2) is 5.06. The first-order chi connectivity index (χ1) is 9.48. The fraction of sp³-hybridized carbons (Fsp3) is 0.286. The van der Waals surface area contributed by atoms with Gasteiger partial charge in [0, 0.05) is 6.54 Å². The second-order valence-corrected chi connectivity index (χ2v) is 8.68. The van der Waals surface area contributed by atoms with E-state index in [2.05, 4.69) is 0 Å². The van der Waals surface area contributed by atoms with E-state index in [0.29, 0.717) is 15.1 Å². The van der Waals surface area contributed by atoms with Gasteiger partial charge in [0.1, 0.15) is 4.21 Å². The highest BCUT2D eigenvalue weighted by Crippen LogP contribution is 2.35. The van der Waals surface area contributed by atoms with E-state index in [1.54, 1.807) is 12.1 Å². The van der Waals surface area contributed by atoms with Crippen molar-refractivity contribution in [3.63, 3.8) is 0 Å². The Hall–Kier alpha value is -1.04. The number of hydrogen-bond donors (Lipinski definition) is 0. The van der Waals surface area contributed by atoms with E-state index < -0.39 is 10.0 Å². The molecule has 0 saturated carbocycles. The second-order valence-electron chi connectivity index (χ2n) is 4.87. The molecule has 0 bridgehead atoms. The summed E-state index contributed by atoms with van der Waals surface area (Å²) in [6.07, 6.45) is 1.77. The molecule has 0 spiro atoms. The molecule has 20 heavy (non-hydrogen) atoms. The standard InChI is InChI=1S/C14H14ClNO2S2/c1-10-4-5-11-3-2-8-16(12(11)9-10)20(17,18)14-7-6-13(15)19-14/h4-7,9H,2-3,8H2,1H3. The molecule has 0 atom stereocenters. The summed E-state index contributed by atoms with van der Waals surface area (Å²) < 4.78 is 27.8. The number of fused-ring (bicyclic) bond motifs is 1. The van der Waals surface area contributed by atoms with Crippen LogP contribution < -0.4 is 4.31 Å². The van der Waals surface area contributed by atoms with Gasteiger partial charge in [-0.1, -0.05) is 23.7 Å². The average molecular weight is 328 g/mol. The van der Waals surface area contributed by atoms with Gasteiger partial charge in [-0.25, -0.2) is 8.42 Å². The Kier molecular flexibility index (Phi) is 3.52. The lowest BCUT2D eigenvalue weighted by Crippen LogP contribution is -2.35. The predicted octanol–water partition coefficient (Wildman–Crippen LogP) is 3.85. The van der Waals surface area contributed by atoms with E-state index in [-0.39, 0.29) is 0 Å². The molecule has 1 aliphatic heterocycles. The number of aryl methyl sites for hydroxylation is 2. The van der Waals surface area contributed by atoms with E-state index in [0.717, 1.165) is 41.0 Å². The molecule has 0 fully saturated rings. The Labute approximate surface area is 127 Å². The summed E-state index contributed by atoms with van der Waals surface area (Å²) in [5.41, 5.74) is 2.96. The van der Waals surface area contributed by atoms with E-state index in [9.17, 15) is 8.42 Å². The lowest BCUT2D eigenvalue weighted by atomic mass is 10.0. The molecular weight excluding hydrogens is 314 g/mol. The first-order valence-corrected chi connectivity index (χ1v) is 8.99. The van der Waals surface area contributed by atoms with Crippen LogP contribution in [0, 0.1) is 6.92 Å². The quantitative estimate of drug-likeness (QED) is 0.840. The van der Waals surface area contributed by atoms with Crippen molar-refractivity contribution in [2.24, 2.45) is 0 Å². The molecule has 0 saturated heterocycles. The number of hydrogen-bond acceptors (Lipinski definition) is 3. The summed E-state index contributed by atoms with van der Waals surface area (Å²) in [5.74, 6) is 0. The molecule has 0 unspecified atom stereocenters. The highest BCUT2D eigenvalue weighted by Gasteiger charge is 2.30. The van der Waals surface area contributed by atoms with E-state index in [4.69, 9.17) is 11.6 Å². The zero-order valence-corrected chi connectivity index (χ0v) is 13.4. The molecule has 0 aliphatic carbocycles. The molecule has 0 N–H and O–H groups in total. The SMILES string of the molecule is Cc1ccc2c(c1)N(S(=O)(=O)c1ccc(Cl)s1)CCC2. The first kappa shape index (κ1) is 13.9. The van der Waals surface area contributed by atoms with Crippen LogP contribution in [-0.4, -0.2) is 15.0 Å². The fourth-order valence-electron chi connectivity index (χ4n) is 2.45. The van der Waals surface area contributed by atoms with Crippen LogP contribution in [-0.2, 0) is 16.4 Å². The van der Waals surface area contributed by atoms with Gasteiger partial charge in [0.2, 0.25) is 0 Å². The van der Waals surface area contributed by atoms with Gasteiger partial charge in [0.05, 0.1) is 10.0 Å². The van der Waals surface area contributed by atoms with Gasteiger partial charge < -0.3 is 0 Å². The van der Waals surface area contributed by atoms with Crippen LogP contribution in [0.2, 0.25) is 4.34 Å². The molecule has 106 valence electrons. The Morgan fingerprint density at radius 2 is 2.05 bits per heavy atom. The number of benzene rings is 1. The van der Waals surface area contributed by atoms with Crippen LogP contribution >= 0.6 is 22.9 Å². The Morgan fingerprint density at radius 3 is 2.75 bits per heavy atom. The van der Waals surface area contributed by atoms with Crippen molar-refractivity contribution in [1.82, 2.24) is 0 Å². The van der Waals surface area contributed by atoms with E-state index >= 15 is 0 Å². The lowest BCUT2D eigenvalue weighted by Gasteiger charge is -2.30. The summed E-state index contributed by atoms with van der Waals surface area (Å²) in [7, 11) is -3.50.